The summed E-state index contributed by atoms with van der Waals surface area (Å²) >= 11 is 9.28. The zero-order valence-corrected chi connectivity index (χ0v) is 12.2. The predicted molar refractivity (Wildman–Crippen MR) is 72.7 cm³/mol. The first-order valence-electron chi connectivity index (χ1n) is 5.67. The second-order valence-electron chi connectivity index (χ2n) is 3.91. The standard InChI is InChI=1S/C10H10BrClN6O/c11-7-5-13-18(6-7)10-15-8(12)14-9(16-10)17-1-3-19-4-2-17/h5-6H,1-4H2. The molecule has 2 aromatic heterocycles. The molecule has 9 heteroatoms. The molecule has 1 aliphatic rings. The van der Waals surface area contributed by atoms with Gasteiger partial charge in [0.05, 0.1) is 23.9 Å². The fourth-order valence-electron chi connectivity index (χ4n) is 1.75. The van der Waals surface area contributed by atoms with Gasteiger partial charge in [-0.15, -0.1) is 0 Å². The van der Waals surface area contributed by atoms with Gasteiger partial charge in [-0.3, -0.25) is 0 Å². The molecule has 3 rings (SSSR count). The van der Waals surface area contributed by atoms with E-state index in [0.717, 1.165) is 17.6 Å². The van der Waals surface area contributed by atoms with Crippen LogP contribution in [0.3, 0.4) is 0 Å². The van der Waals surface area contributed by atoms with Crippen LogP contribution >= 0.6 is 27.5 Å². The molecular weight excluding hydrogens is 336 g/mol. The lowest BCUT2D eigenvalue weighted by Gasteiger charge is -2.26. The highest BCUT2D eigenvalue weighted by Gasteiger charge is 2.16. The first-order chi connectivity index (χ1) is 9.22. The molecule has 0 atom stereocenters. The largest absolute Gasteiger partial charge is 0.378 e. The quantitative estimate of drug-likeness (QED) is 0.817. The molecule has 0 unspecified atom stereocenters. The van der Waals surface area contributed by atoms with Gasteiger partial charge in [-0.05, 0) is 27.5 Å². The summed E-state index contributed by atoms with van der Waals surface area (Å²) in [5.41, 5.74) is 0. The van der Waals surface area contributed by atoms with Gasteiger partial charge < -0.3 is 9.64 Å². The molecule has 1 fully saturated rings. The van der Waals surface area contributed by atoms with Crippen LogP contribution in [0.25, 0.3) is 5.95 Å². The number of aromatic nitrogens is 5. The van der Waals surface area contributed by atoms with Gasteiger partial charge in [-0.2, -0.15) is 20.1 Å². The SMILES string of the molecule is Clc1nc(N2CCOCC2)nc(-n2cc(Br)cn2)n1. The van der Waals surface area contributed by atoms with E-state index in [9.17, 15) is 0 Å². The molecule has 0 saturated carbocycles. The summed E-state index contributed by atoms with van der Waals surface area (Å²) in [4.78, 5) is 14.6. The van der Waals surface area contributed by atoms with Gasteiger partial charge in [-0.25, -0.2) is 4.68 Å². The molecular formula is C10H10BrClN6O. The summed E-state index contributed by atoms with van der Waals surface area (Å²) in [6.07, 6.45) is 3.42. The second-order valence-corrected chi connectivity index (χ2v) is 5.16. The van der Waals surface area contributed by atoms with Gasteiger partial charge in [0.1, 0.15) is 0 Å². The maximum Gasteiger partial charge on any atom is 0.256 e. The van der Waals surface area contributed by atoms with Crippen LogP contribution in [0.15, 0.2) is 16.9 Å². The first kappa shape index (κ1) is 12.8. The van der Waals surface area contributed by atoms with Gasteiger partial charge in [0, 0.05) is 19.3 Å². The van der Waals surface area contributed by atoms with Crippen LogP contribution < -0.4 is 4.90 Å². The summed E-state index contributed by atoms with van der Waals surface area (Å²) in [7, 11) is 0. The Morgan fingerprint density at radius 1 is 1.16 bits per heavy atom. The lowest BCUT2D eigenvalue weighted by Crippen LogP contribution is -2.37. The molecule has 0 radical (unpaired) electrons. The fraction of sp³-hybridized carbons (Fsp3) is 0.400. The fourth-order valence-corrected chi connectivity index (χ4v) is 2.18. The van der Waals surface area contributed by atoms with E-state index in [4.69, 9.17) is 16.3 Å². The molecule has 0 aliphatic carbocycles. The molecule has 100 valence electrons. The van der Waals surface area contributed by atoms with E-state index in [1.54, 1.807) is 17.1 Å². The number of anilines is 1. The van der Waals surface area contributed by atoms with Crippen molar-refractivity contribution in [3.8, 4) is 5.95 Å². The van der Waals surface area contributed by atoms with Crippen LogP contribution in [0, 0.1) is 0 Å². The van der Waals surface area contributed by atoms with Crippen molar-refractivity contribution in [3.05, 3.63) is 22.1 Å². The number of hydrogen-bond donors (Lipinski definition) is 0. The summed E-state index contributed by atoms with van der Waals surface area (Å²) in [6, 6.07) is 0. The molecule has 0 spiro atoms. The van der Waals surface area contributed by atoms with E-state index in [1.165, 1.54) is 0 Å². The van der Waals surface area contributed by atoms with E-state index in [2.05, 4.69) is 36.0 Å². The van der Waals surface area contributed by atoms with E-state index in [-0.39, 0.29) is 5.28 Å². The van der Waals surface area contributed by atoms with Crippen molar-refractivity contribution in [2.45, 2.75) is 0 Å². The molecule has 7 nitrogen and oxygen atoms in total. The molecule has 0 N–H and O–H groups in total. The van der Waals surface area contributed by atoms with E-state index in [0.29, 0.717) is 25.1 Å². The normalized spacial score (nSPS) is 15.8. The van der Waals surface area contributed by atoms with Crippen molar-refractivity contribution in [2.24, 2.45) is 0 Å². The average molecular weight is 346 g/mol. The topological polar surface area (TPSA) is 69.0 Å². The highest BCUT2D eigenvalue weighted by molar-refractivity contribution is 9.10. The Bertz CT molecular complexity index is 585. The molecule has 0 amide bonds. The van der Waals surface area contributed by atoms with Crippen LogP contribution in [-0.2, 0) is 4.74 Å². The molecule has 0 bridgehead atoms. The Morgan fingerprint density at radius 2 is 1.89 bits per heavy atom. The van der Waals surface area contributed by atoms with Gasteiger partial charge >= 0.3 is 0 Å². The average Bonchev–Trinajstić information content (AvgIpc) is 2.86. The summed E-state index contributed by atoms with van der Waals surface area (Å²) in [5, 5.41) is 4.28. The second kappa shape index (κ2) is 5.40. The number of halogens is 2. The third kappa shape index (κ3) is 2.85. The number of nitrogens with zero attached hydrogens (tertiary/aromatic N) is 6. The summed E-state index contributed by atoms with van der Waals surface area (Å²) in [5.74, 6) is 0.942. The Kier molecular flexibility index (Phi) is 3.63. The lowest BCUT2D eigenvalue weighted by molar-refractivity contribution is 0.122. The van der Waals surface area contributed by atoms with E-state index >= 15 is 0 Å². The zero-order chi connectivity index (χ0) is 13.2. The summed E-state index contributed by atoms with van der Waals surface area (Å²) < 4.78 is 7.69. The molecule has 1 saturated heterocycles. The number of hydrogen-bond acceptors (Lipinski definition) is 6. The Labute approximate surface area is 122 Å². The van der Waals surface area contributed by atoms with Crippen LogP contribution in [0.4, 0.5) is 5.95 Å². The number of morpholine rings is 1. The van der Waals surface area contributed by atoms with Crippen molar-refractivity contribution < 1.29 is 4.74 Å². The molecule has 0 aromatic carbocycles. The van der Waals surface area contributed by atoms with Crippen molar-refractivity contribution >= 4 is 33.5 Å². The van der Waals surface area contributed by atoms with Crippen LogP contribution in [0.5, 0.6) is 0 Å². The highest BCUT2D eigenvalue weighted by atomic mass is 79.9. The monoisotopic (exact) mass is 344 g/mol. The van der Waals surface area contributed by atoms with Gasteiger partial charge in [0.25, 0.3) is 5.95 Å². The lowest BCUT2D eigenvalue weighted by atomic mass is 10.4. The smallest absolute Gasteiger partial charge is 0.256 e. The minimum atomic E-state index is 0.151. The van der Waals surface area contributed by atoms with E-state index < -0.39 is 0 Å². The Hall–Kier alpha value is -1.25. The molecule has 2 aromatic rings. The van der Waals surface area contributed by atoms with Crippen molar-refractivity contribution in [1.29, 1.82) is 0 Å². The van der Waals surface area contributed by atoms with Gasteiger partial charge in [-0.1, -0.05) is 0 Å². The minimum absolute atomic E-state index is 0.151. The van der Waals surface area contributed by atoms with E-state index in [1.807, 2.05) is 4.90 Å². The third-order valence-corrected chi connectivity index (χ3v) is 3.21. The predicted octanol–water partition coefficient (Wildman–Crippen LogP) is 1.31. The maximum atomic E-state index is 5.95. The molecule has 3 heterocycles. The minimum Gasteiger partial charge on any atom is -0.378 e. The summed E-state index contributed by atoms with van der Waals surface area (Å²) in [6.45, 7) is 2.79. The third-order valence-electron chi connectivity index (χ3n) is 2.63. The Morgan fingerprint density at radius 3 is 2.58 bits per heavy atom. The van der Waals surface area contributed by atoms with Crippen molar-refractivity contribution in [1.82, 2.24) is 24.7 Å². The number of rotatable bonds is 2. The first-order valence-corrected chi connectivity index (χ1v) is 6.84. The number of ether oxygens (including phenoxy) is 1. The van der Waals surface area contributed by atoms with Gasteiger partial charge in [0.15, 0.2) is 0 Å². The van der Waals surface area contributed by atoms with Crippen molar-refractivity contribution in [3.63, 3.8) is 0 Å². The maximum absolute atomic E-state index is 5.95. The zero-order valence-electron chi connectivity index (χ0n) is 9.83. The van der Waals surface area contributed by atoms with Crippen LogP contribution in [-0.4, -0.2) is 51.0 Å². The Balaban J connectivity index is 1.95. The van der Waals surface area contributed by atoms with Crippen LogP contribution in [0.1, 0.15) is 0 Å². The van der Waals surface area contributed by atoms with Crippen molar-refractivity contribution in [2.75, 3.05) is 31.2 Å². The molecule has 1 aliphatic heterocycles. The highest BCUT2D eigenvalue weighted by Crippen LogP contribution is 2.16. The van der Waals surface area contributed by atoms with Gasteiger partial charge in [0.2, 0.25) is 11.2 Å². The van der Waals surface area contributed by atoms with Crippen LogP contribution in [0.2, 0.25) is 5.28 Å². The molecule has 19 heavy (non-hydrogen) atoms.